The zero-order valence-electron chi connectivity index (χ0n) is 7.12. The number of rotatable bonds is 4. The summed E-state index contributed by atoms with van der Waals surface area (Å²) in [4.78, 5) is 2.37. The van der Waals surface area contributed by atoms with Gasteiger partial charge in [-0.1, -0.05) is 0 Å². The van der Waals surface area contributed by atoms with Crippen molar-refractivity contribution in [1.29, 1.82) is 0 Å². The monoisotopic (exact) mass is 175 g/mol. The first-order valence-electron chi connectivity index (χ1n) is 4.23. The fourth-order valence-corrected chi connectivity index (χ4v) is 2.67. The molecular weight excluding hydrogens is 158 g/mol. The van der Waals surface area contributed by atoms with E-state index in [2.05, 4.69) is 11.9 Å². The van der Waals surface area contributed by atoms with Crippen LogP contribution in [0.15, 0.2) is 0 Å². The Labute approximate surface area is 73.0 Å². The number of aliphatic hydroxyl groups is 1. The van der Waals surface area contributed by atoms with Crippen LogP contribution in [0.2, 0.25) is 0 Å². The molecule has 3 heteroatoms. The van der Waals surface area contributed by atoms with E-state index in [9.17, 15) is 0 Å². The molecule has 1 unspecified atom stereocenters. The molecule has 0 radical (unpaired) electrons. The molecule has 1 aliphatic rings. The zero-order chi connectivity index (χ0) is 8.10. The lowest BCUT2D eigenvalue weighted by Gasteiger charge is -2.22. The van der Waals surface area contributed by atoms with Crippen molar-refractivity contribution in [2.75, 3.05) is 31.7 Å². The molecular formula is C8H17NOS. The lowest BCUT2D eigenvalue weighted by Crippen LogP contribution is -2.32. The second kappa shape index (κ2) is 5.01. The zero-order valence-corrected chi connectivity index (χ0v) is 7.94. The summed E-state index contributed by atoms with van der Waals surface area (Å²) in [7, 11) is 2.16. The fourth-order valence-electron chi connectivity index (χ4n) is 1.37. The Morgan fingerprint density at radius 1 is 1.64 bits per heavy atom. The third-order valence-electron chi connectivity index (χ3n) is 2.20. The van der Waals surface area contributed by atoms with Crippen LogP contribution < -0.4 is 0 Å². The van der Waals surface area contributed by atoms with Crippen molar-refractivity contribution in [2.24, 2.45) is 0 Å². The van der Waals surface area contributed by atoms with Gasteiger partial charge in [-0.25, -0.2) is 0 Å². The van der Waals surface area contributed by atoms with E-state index in [0.717, 1.165) is 19.0 Å². The molecule has 0 aromatic carbocycles. The standard InChI is InChI=1S/C8H17NOS/c1-9(4-2-5-10)8-3-6-11-7-8/h8,10H,2-7H2,1H3. The van der Waals surface area contributed by atoms with Crippen molar-refractivity contribution < 1.29 is 5.11 Å². The molecule has 1 heterocycles. The molecule has 1 saturated heterocycles. The summed E-state index contributed by atoms with van der Waals surface area (Å²) in [6.45, 7) is 1.37. The van der Waals surface area contributed by atoms with E-state index < -0.39 is 0 Å². The van der Waals surface area contributed by atoms with Gasteiger partial charge in [0.2, 0.25) is 0 Å². The molecule has 11 heavy (non-hydrogen) atoms. The van der Waals surface area contributed by atoms with Crippen molar-refractivity contribution in [2.45, 2.75) is 18.9 Å². The first kappa shape index (κ1) is 9.36. The number of hydrogen-bond donors (Lipinski definition) is 1. The summed E-state index contributed by atoms with van der Waals surface area (Å²) in [6.07, 6.45) is 2.24. The fraction of sp³-hybridized carbons (Fsp3) is 1.00. The lowest BCUT2D eigenvalue weighted by molar-refractivity contribution is 0.218. The molecule has 0 saturated carbocycles. The summed E-state index contributed by atoms with van der Waals surface area (Å²) < 4.78 is 0. The molecule has 2 nitrogen and oxygen atoms in total. The van der Waals surface area contributed by atoms with Crippen molar-refractivity contribution >= 4 is 11.8 Å². The maximum absolute atomic E-state index is 8.63. The number of hydrogen-bond acceptors (Lipinski definition) is 3. The third-order valence-corrected chi connectivity index (χ3v) is 3.34. The van der Waals surface area contributed by atoms with Crippen molar-refractivity contribution in [3.8, 4) is 0 Å². The summed E-state index contributed by atoms with van der Waals surface area (Å²) in [6, 6.07) is 0.770. The maximum Gasteiger partial charge on any atom is 0.0443 e. The lowest BCUT2D eigenvalue weighted by atomic mass is 10.2. The van der Waals surface area contributed by atoms with Crippen LogP contribution in [0.25, 0.3) is 0 Å². The van der Waals surface area contributed by atoms with Gasteiger partial charge in [0, 0.05) is 24.9 Å². The molecule has 66 valence electrons. The highest BCUT2D eigenvalue weighted by atomic mass is 32.2. The molecule has 0 aromatic heterocycles. The predicted octanol–water partition coefficient (Wildman–Crippen LogP) is 0.806. The molecule has 1 rings (SSSR count). The summed E-state index contributed by atoms with van der Waals surface area (Å²) in [5.74, 6) is 2.59. The Morgan fingerprint density at radius 3 is 3.00 bits per heavy atom. The van der Waals surface area contributed by atoms with Crippen LogP contribution in [0.3, 0.4) is 0 Å². The molecule has 1 aliphatic heterocycles. The van der Waals surface area contributed by atoms with Gasteiger partial charge in [0.15, 0.2) is 0 Å². The quantitative estimate of drug-likeness (QED) is 0.684. The largest absolute Gasteiger partial charge is 0.396 e. The number of nitrogens with zero attached hydrogens (tertiary/aromatic N) is 1. The Kier molecular flexibility index (Phi) is 4.26. The highest BCUT2D eigenvalue weighted by molar-refractivity contribution is 7.99. The Balaban J connectivity index is 2.12. The van der Waals surface area contributed by atoms with Gasteiger partial charge in [0.25, 0.3) is 0 Å². The summed E-state index contributed by atoms with van der Waals surface area (Å²) >= 11 is 2.04. The Hall–Kier alpha value is 0.270. The minimum atomic E-state index is 0.324. The average Bonchev–Trinajstić information content (AvgIpc) is 2.52. The van der Waals surface area contributed by atoms with Crippen molar-refractivity contribution in [1.82, 2.24) is 4.90 Å². The van der Waals surface area contributed by atoms with E-state index in [1.807, 2.05) is 11.8 Å². The van der Waals surface area contributed by atoms with Crippen molar-refractivity contribution in [3.63, 3.8) is 0 Å². The molecule has 0 bridgehead atoms. The molecule has 1 atom stereocenters. The van der Waals surface area contributed by atoms with E-state index in [0.29, 0.717) is 6.61 Å². The van der Waals surface area contributed by atoms with Gasteiger partial charge in [-0.2, -0.15) is 11.8 Å². The number of thioether (sulfide) groups is 1. The smallest absolute Gasteiger partial charge is 0.0443 e. The molecule has 1 N–H and O–H groups in total. The van der Waals surface area contributed by atoms with E-state index in [1.165, 1.54) is 17.9 Å². The summed E-state index contributed by atoms with van der Waals surface area (Å²) in [5, 5.41) is 8.63. The van der Waals surface area contributed by atoms with E-state index in [4.69, 9.17) is 5.11 Å². The predicted molar refractivity (Wildman–Crippen MR) is 50.1 cm³/mol. The topological polar surface area (TPSA) is 23.5 Å². The van der Waals surface area contributed by atoms with Gasteiger partial charge in [-0.15, -0.1) is 0 Å². The average molecular weight is 175 g/mol. The van der Waals surface area contributed by atoms with Crippen LogP contribution in [0.5, 0.6) is 0 Å². The second-order valence-corrected chi connectivity index (χ2v) is 4.23. The number of aliphatic hydroxyl groups excluding tert-OH is 1. The Morgan fingerprint density at radius 2 is 2.45 bits per heavy atom. The van der Waals surface area contributed by atoms with Gasteiger partial charge in [-0.3, -0.25) is 0 Å². The minimum absolute atomic E-state index is 0.324. The highest BCUT2D eigenvalue weighted by Crippen LogP contribution is 2.21. The normalized spacial score (nSPS) is 24.8. The van der Waals surface area contributed by atoms with E-state index in [-0.39, 0.29) is 0 Å². The van der Waals surface area contributed by atoms with Gasteiger partial charge < -0.3 is 10.0 Å². The van der Waals surface area contributed by atoms with Crippen LogP contribution in [-0.4, -0.2) is 47.8 Å². The van der Waals surface area contributed by atoms with Crippen LogP contribution in [0.1, 0.15) is 12.8 Å². The molecule has 1 fully saturated rings. The first-order valence-corrected chi connectivity index (χ1v) is 5.39. The van der Waals surface area contributed by atoms with Crippen LogP contribution in [0.4, 0.5) is 0 Å². The minimum Gasteiger partial charge on any atom is -0.396 e. The highest BCUT2D eigenvalue weighted by Gasteiger charge is 2.18. The molecule has 0 aromatic rings. The first-order chi connectivity index (χ1) is 5.34. The van der Waals surface area contributed by atoms with Crippen LogP contribution in [-0.2, 0) is 0 Å². The van der Waals surface area contributed by atoms with Gasteiger partial charge in [0.05, 0.1) is 0 Å². The summed E-state index contributed by atoms with van der Waals surface area (Å²) in [5.41, 5.74) is 0. The van der Waals surface area contributed by atoms with Crippen molar-refractivity contribution in [3.05, 3.63) is 0 Å². The van der Waals surface area contributed by atoms with Gasteiger partial charge in [0.1, 0.15) is 0 Å². The van der Waals surface area contributed by atoms with Crippen LogP contribution in [0, 0.1) is 0 Å². The van der Waals surface area contributed by atoms with E-state index >= 15 is 0 Å². The van der Waals surface area contributed by atoms with Gasteiger partial charge >= 0.3 is 0 Å². The third kappa shape index (κ3) is 3.01. The van der Waals surface area contributed by atoms with Gasteiger partial charge in [-0.05, 0) is 25.6 Å². The van der Waals surface area contributed by atoms with E-state index in [1.54, 1.807) is 0 Å². The molecule has 0 spiro atoms. The molecule has 0 amide bonds. The maximum atomic E-state index is 8.63. The van der Waals surface area contributed by atoms with Crippen LogP contribution >= 0.6 is 11.8 Å². The second-order valence-electron chi connectivity index (χ2n) is 3.08. The SMILES string of the molecule is CN(CCCO)C1CCSC1. The Bertz CT molecular complexity index is 104. The molecule has 0 aliphatic carbocycles.